The largest absolute Gasteiger partial charge is 0.504 e. The van der Waals surface area contributed by atoms with Gasteiger partial charge >= 0.3 is 0 Å². The van der Waals surface area contributed by atoms with Crippen LogP contribution in [-0.2, 0) is 6.42 Å². The Labute approximate surface area is 157 Å². The predicted molar refractivity (Wildman–Crippen MR) is 105 cm³/mol. The van der Waals surface area contributed by atoms with E-state index in [0.29, 0.717) is 35.9 Å². The van der Waals surface area contributed by atoms with E-state index in [1.807, 2.05) is 38.1 Å². The Hall–Kier alpha value is -2.60. The predicted octanol–water partition coefficient (Wildman–Crippen LogP) is 3.98. The van der Waals surface area contributed by atoms with Crippen LogP contribution in [0.4, 0.5) is 5.69 Å². The van der Waals surface area contributed by atoms with Crippen molar-refractivity contribution in [3.63, 3.8) is 0 Å². The summed E-state index contributed by atoms with van der Waals surface area (Å²) in [5.41, 5.74) is 2.12. The van der Waals surface area contributed by atoms with Gasteiger partial charge in [0.15, 0.2) is 17.3 Å². The second-order valence-corrected chi connectivity index (χ2v) is 6.42. The maximum absolute atomic E-state index is 12.7. The van der Waals surface area contributed by atoms with Gasteiger partial charge in [-0.25, -0.2) is 0 Å². The fraction of sp³-hybridized carbons (Fsp3) is 0.300. The van der Waals surface area contributed by atoms with Crippen molar-refractivity contribution in [1.29, 1.82) is 0 Å². The van der Waals surface area contributed by atoms with Crippen molar-refractivity contribution in [3.8, 4) is 17.2 Å². The number of anilines is 1. The highest BCUT2D eigenvalue weighted by Crippen LogP contribution is 2.37. The molecule has 0 radical (unpaired) electrons. The molecule has 1 aliphatic rings. The van der Waals surface area contributed by atoms with E-state index in [1.165, 1.54) is 6.07 Å². The van der Waals surface area contributed by atoms with Gasteiger partial charge in [-0.05, 0) is 50.1 Å². The number of carbonyl (C=O) groups excluding carboxylic acids is 1. The van der Waals surface area contributed by atoms with Gasteiger partial charge in [-0.2, -0.15) is 0 Å². The van der Waals surface area contributed by atoms with Crippen molar-refractivity contribution >= 4 is 28.7 Å². The number of phenolic OH excluding ortho intramolecular Hbond substituents is 1. The normalized spacial score (nSPS) is 15.5. The van der Waals surface area contributed by atoms with Crippen LogP contribution in [0.2, 0.25) is 0 Å². The molecule has 1 atom stereocenters. The highest BCUT2D eigenvalue weighted by molar-refractivity contribution is 7.80. The molecule has 1 unspecified atom stereocenters. The van der Waals surface area contributed by atoms with Crippen molar-refractivity contribution in [2.45, 2.75) is 20.3 Å². The summed E-state index contributed by atoms with van der Waals surface area (Å²) in [4.78, 5) is 13.2. The summed E-state index contributed by atoms with van der Waals surface area (Å²) in [5, 5.41) is 13.2. The number of benzene rings is 2. The second-order valence-electron chi connectivity index (χ2n) is 5.98. The third-order valence-electron chi connectivity index (χ3n) is 4.22. The summed E-state index contributed by atoms with van der Waals surface area (Å²) in [6.07, 6.45) is 0.492. The van der Waals surface area contributed by atoms with Gasteiger partial charge in [0, 0.05) is 17.3 Å². The van der Waals surface area contributed by atoms with E-state index in [0.717, 1.165) is 17.0 Å². The van der Waals surface area contributed by atoms with Crippen molar-refractivity contribution < 1.29 is 19.4 Å². The quantitative estimate of drug-likeness (QED) is 0.749. The minimum atomic E-state index is -0.452. The summed E-state index contributed by atoms with van der Waals surface area (Å²) in [6.45, 7) is 4.79. The number of phenols is 1. The number of fused-ring (bicyclic) bond motifs is 1. The fourth-order valence-corrected chi connectivity index (χ4v) is 3.36. The van der Waals surface area contributed by atoms with Gasteiger partial charge in [0.1, 0.15) is 5.75 Å². The minimum Gasteiger partial charge on any atom is -0.504 e. The number of nitrogens with one attached hydrogen (secondary N) is 1. The Morgan fingerprint density at radius 1 is 1.23 bits per heavy atom. The molecule has 136 valence electrons. The molecule has 2 aromatic carbocycles. The number of aromatic hydroxyl groups is 1. The van der Waals surface area contributed by atoms with Crippen molar-refractivity contribution in [2.75, 3.05) is 18.5 Å². The molecule has 0 fully saturated rings. The lowest BCUT2D eigenvalue weighted by atomic mass is 10.1. The number of thiocarbonyl (C=S) groups is 1. The van der Waals surface area contributed by atoms with Gasteiger partial charge in [-0.1, -0.05) is 18.3 Å². The van der Waals surface area contributed by atoms with Gasteiger partial charge in [-0.15, -0.1) is 0 Å². The lowest BCUT2D eigenvalue weighted by Crippen LogP contribution is -2.25. The Balaban J connectivity index is 1.77. The summed E-state index contributed by atoms with van der Waals surface area (Å²) in [7, 11) is 0. The molecule has 0 aromatic heterocycles. The Morgan fingerprint density at radius 2 is 2.00 bits per heavy atom. The van der Waals surface area contributed by atoms with E-state index >= 15 is 0 Å². The second kappa shape index (κ2) is 7.74. The smallest absolute Gasteiger partial charge is 0.173 e. The molecule has 6 heteroatoms. The van der Waals surface area contributed by atoms with Gasteiger partial charge in [0.05, 0.1) is 24.1 Å². The molecular weight excluding hydrogens is 350 g/mol. The minimum absolute atomic E-state index is 0.0251. The number of hydrogen-bond donors (Lipinski definition) is 2. The van der Waals surface area contributed by atoms with Crippen LogP contribution in [0, 0.1) is 5.92 Å². The highest BCUT2D eigenvalue weighted by atomic mass is 32.1. The molecule has 5 nitrogen and oxygen atoms in total. The molecule has 0 saturated heterocycles. The maximum Gasteiger partial charge on any atom is 0.173 e. The molecule has 0 bridgehead atoms. The van der Waals surface area contributed by atoms with E-state index in [4.69, 9.17) is 21.7 Å². The van der Waals surface area contributed by atoms with Crippen LogP contribution in [0.25, 0.3) is 0 Å². The van der Waals surface area contributed by atoms with E-state index in [2.05, 4.69) is 5.32 Å². The molecule has 3 rings (SSSR count). The van der Waals surface area contributed by atoms with E-state index < -0.39 is 5.92 Å². The topological polar surface area (TPSA) is 67.8 Å². The third-order valence-corrected chi connectivity index (χ3v) is 4.61. The SMILES string of the molecule is CCOc1cccc(NC(=S)C2Cc3cc(OCC)c(O)cc3C2=O)c1. The van der Waals surface area contributed by atoms with Gasteiger partial charge < -0.3 is 19.9 Å². The average Bonchev–Trinajstić information content (AvgIpc) is 2.92. The van der Waals surface area contributed by atoms with Crippen molar-refractivity contribution in [2.24, 2.45) is 5.92 Å². The van der Waals surface area contributed by atoms with Crippen molar-refractivity contribution in [3.05, 3.63) is 47.5 Å². The lowest BCUT2D eigenvalue weighted by Gasteiger charge is -2.13. The van der Waals surface area contributed by atoms with Crippen LogP contribution in [0.3, 0.4) is 0 Å². The molecule has 26 heavy (non-hydrogen) atoms. The molecule has 0 amide bonds. The monoisotopic (exact) mass is 371 g/mol. The molecule has 0 aliphatic heterocycles. The van der Waals surface area contributed by atoms with Crippen LogP contribution >= 0.6 is 12.2 Å². The zero-order chi connectivity index (χ0) is 18.7. The highest BCUT2D eigenvalue weighted by Gasteiger charge is 2.34. The summed E-state index contributed by atoms with van der Waals surface area (Å²) < 4.78 is 10.9. The average molecular weight is 371 g/mol. The maximum atomic E-state index is 12.7. The number of ether oxygens (including phenoxy) is 2. The number of rotatable bonds is 6. The molecular formula is C20H21NO4S. The molecule has 0 spiro atoms. The van der Waals surface area contributed by atoms with Crippen LogP contribution in [0.5, 0.6) is 17.2 Å². The number of carbonyl (C=O) groups is 1. The first-order valence-corrected chi connectivity index (χ1v) is 9.01. The van der Waals surface area contributed by atoms with Gasteiger partial charge in [-0.3, -0.25) is 4.79 Å². The first kappa shape index (κ1) is 18.2. The first-order valence-electron chi connectivity index (χ1n) is 8.60. The molecule has 2 N–H and O–H groups in total. The summed E-state index contributed by atoms with van der Waals surface area (Å²) >= 11 is 5.48. The summed E-state index contributed by atoms with van der Waals surface area (Å²) in [5.74, 6) is 0.572. The summed E-state index contributed by atoms with van der Waals surface area (Å²) in [6, 6.07) is 10.7. The number of hydrogen-bond acceptors (Lipinski definition) is 5. The van der Waals surface area contributed by atoms with Crippen LogP contribution in [-0.4, -0.2) is 29.1 Å². The van der Waals surface area contributed by atoms with Gasteiger partial charge in [0.25, 0.3) is 0 Å². The number of ketones is 1. The number of Topliss-reactive ketones (excluding diaryl/α,β-unsaturated/α-hetero) is 1. The third kappa shape index (κ3) is 3.65. The molecule has 0 saturated carbocycles. The van der Waals surface area contributed by atoms with Crippen LogP contribution in [0.1, 0.15) is 29.8 Å². The fourth-order valence-electron chi connectivity index (χ4n) is 3.05. The Kier molecular flexibility index (Phi) is 5.42. The van der Waals surface area contributed by atoms with Gasteiger partial charge in [0.2, 0.25) is 0 Å². The van der Waals surface area contributed by atoms with E-state index in [1.54, 1.807) is 6.07 Å². The molecule has 1 aliphatic carbocycles. The Morgan fingerprint density at radius 3 is 2.73 bits per heavy atom. The van der Waals surface area contributed by atoms with E-state index in [9.17, 15) is 9.90 Å². The zero-order valence-electron chi connectivity index (χ0n) is 14.7. The van der Waals surface area contributed by atoms with Crippen molar-refractivity contribution in [1.82, 2.24) is 0 Å². The first-order chi connectivity index (χ1) is 12.5. The zero-order valence-corrected chi connectivity index (χ0v) is 15.6. The Bertz CT molecular complexity index is 850. The van der Waals surface area contributed by atoms with Crippen LogP contribution < -0.4 is 14.8 Å². The van der Waals surface area contributed by atoms with Crippen LogP contribution in [0.15, 0.2) is 36.4 Å². The molecule has 2 aromatic rings. The van der Waals surface area contributed by atoms with E-state index in [-0.39, 0.29) is 11.5 Å². The standard InChI is InChI=1S/C20H21NO4S/c1-3-24-14-7-5-6-13(10-14)21-20(26)16-8-12-9-18(25-4-2)17(22)11-15(12)19(16)23/h5-7,9-11,16,22H,3-4,8H2,1-2H3,(H,21,26). The lowest BCUT2D eigenvalue weighted by molar-refractivity contribution is 0.0969. The molecule has 0 heterocycles.